The second-order valence-electron chi connectivity index (χ2n) is 6.70. The SMILES string of the molecule is CC(C)NC(=O)[C@H](NS(=O)(=O)c1ccc2[nH]c(=O)ccc2c1)c1ccccc1. The van der Waals surface area contributed by atoms with Crippen LogP contribution < -0.4 is 15.6 Å². The highest BCUT2D eigenvalue weighted by Gasteiger charge is 2.27. The zero-order valence-corrected chi connectivity index (χ0v) is 16.3. The highest BCUT2D eigenvalue weighted by Crippen LogP contribution is 2.20. The number of fused-ring (bicyclic) bond motifs is 1. The quantitative estimate of drug-likeness (QED) is 0.590. The molecule has 0 radical (unpaired) electrons. The molecule has 1 aromatic heterocycles. The fourth-order valence-corrected chi connectivity index (χ4v) is 4.03. The van der Waals surface area contributed by atoms with E-state index in [2.05, 4.69) is 15.0 Å². The van der Waals surface area contributed by atoms with E-state index in [1.807, 2.05) is 0 Å². The first-order valence-electron chi connectivity index (χ1n) is 8.77. The van der Waals surface area contributed by atoms with Gasteiger partial charge in [-0.05, 0) is 49.1 Å². The average Bonchev–Trinajstić information content (AvgIpc) is 2.65. The fourth-order valence-electron chi connectivity index (χ4n) is 2.81. The summed E-state index contributed by atoms with van der Waals surface area (Å²) < 4.78 is 28.4. The van der Waals surface area contributed by atoms with Crippen molar-refractivity contribution in [2.24, 2.45) is 0 Å². The van der Waals surface area contributed by atoms with Crippen LogP contribution in [0.2, 0.25) is 0 Å². The lowest BCUT2D eigenvalue weighted by atomic mass is 10.1. The Morgan fingerprint density at radius 3 is 2.39 bits per heavy atom. The molecule has 0 saturated carbocycles. The van der Waals surface area contributed by atoms with Gasteiger partial charge in [0.15, 0.2) is 0 Å². The number of aromatic nitrogens is 1. The summed E-state index contributed by atoms with van der Waals surface area (Å²) in [5, 5.41) is 3.32. The lowest BCUT2D eigenvalue weighted by Crippen LogP contribution is -2.42. The first kappa shape index (κ1) is 19.8. The molecule has 0 spiro atoms. The first-order valence-corrected chi connectivity index (χ1v) is 10.3. The van der Waals surface area contributed by atoms with Crippen molar-refractivity contribution in [3.63, 3.8) is 0 Å². The Hall–Kier alpha value is -2.97. The first-order chi connectivity index (χ1) is 13.3. The standard InChI is InChI=1S/C20H21N3O4S/c1-13(2)21-20(25)19(14-6-4-3-5-7-14)23-28(26,27)16-9-10-17-15(12-16)8-11-18(24)22-17/h3-13,19,23H,1-2H3,(H,21,25)(H,22,24)/t19-/m1/s1. The highest BCUT2D eigenvalue weighted by molar-refractivity contribution is 7.89. The van der Waals surface area contributed by atoms with Gasteiger partial charge in [-0.1, -0.05) is 30.3 Å². The summed E-state index contributed by atoms with van der Waals surface area (Å²) in [4.78, 5) is 26.7. The van der Waals surface area contributed by atoms with Crippen molar-refractivity contribution in [3.05, 3.63) is 76.6 Å². The molecule has 3 N–H and O–H groups in total. The van der Waals surface area contributed by atoms with Gasteiger partial charge in [-0.3, -0.25) is 9.59 Å². The Bertz CT molecular complexity index is 1150. The summed E-state index contributed by atoms with van der Waals surface area (Å²) in [6.07, 6.45) is 0. The van der Waals surface area contributed by atoms with Gasteiger partial charge < -0.3 is 10.3 Å². The van der Waals surface area contributed by atoms with Crippen LogP contribution in [0.5, 0.6) is 0 Å². The average molecular weight is 399 g/mol. The van der Waals surface area contributed by atoms with E-state index < -0.39 is 22.0 Å². The van der Waals surface area contributed by atoms with E-state index in [0.29, 0.717) is 16.5 Å². The molecule has 1 amide bonds. The third-order valence-electron chi connectivity index (χ3n) is 4.10. The van der Waals surface area contributed by atoms with Crippen molar-refractivity contribution >= 4 is 26.8 Å². The molecule has 0 bridgehead atoms. The minimum Gasteiger partial charge on any atom is -0.352 e. The number of carbonyl (C=O) groups excluding carboxylic acids is 1. The molecular formula is C20H21N3O4S. The number of pyridine rings is 1. The summed E-state index contributed by atoms with van der Waals surface area (Å²) >= 11 is 0. The topological polar surface area (TPSA) is 108 Å². The Balaban J connectivity index is 1.98. The molecule has 7 nitrogen and oxygen atoms in total. The maximum atomic E-state index is 13.0. The van der Waals surface area contributed by atoms with Crippen LogP contribution in [0, 0.1) is 0 Å². The Labute approximate surface area is 162 Å². The molecule has 3 rings (SSSR count). The summed E-state index contributed by atoms with van der Waals surface area (Å²) in [6.45, 7) is 3.61. The van der Waals surface area contributed by atoms with Gasteiger partial charge in [0.05, 0.1) is 4.90 Å². The van der Waals surface area contributed by atoms with Gasteiger partial charge in [-0.25, -0.2) is 8.42 Å². The zero-order valence-electron chi connectivity index (χ0n) is 15.5. The van der Waals surface area contributed by atoms with Crippen molar-refractivity contribution in [2.45, 2.75) is 30.8 Å². The molecule has 146 valence electrons. The van der Waals surface area contributed by atoms with Crippen LogP contribution in [0.25, 0.3) is 10.9 Å². The van der Waals surface area contributed by atoms with Gasteiger partial charge in [0, 0.05) is 17.6 Å². The predicted octanol–water partition coefficient (Wildman–Crippen LogP) is 2.07. The second-order valence-corrected chi connectivity index (χ2v) is 8.41. The van der Waals surface area contributed by atoms with E-state index in [4.69, 9.17) is 0 Å². The number of carbonyl (C=O) groups is 1. The van der Waals surface area contributed by atoms with Crippen molar-refractivity contribution in [1.29, 1.82) is 0 Å². The molecule has 1 heterocycles. The smallest absolute Gasteiger partial charge is 0.248 e. The molecule has 1 atom stereocenters. The van der Waals surface area contributed by atoms with E-state index in [1.54, 1.807) is 50.2 Å². The molecule has 28 heavy (non-hydrogen) atoms. The van der Waals surface area contributed by atoms with Crippen LogP contribution >= 0.6 is 0 Å². The molecule has 0 aliphatic rings. The van der Waals surface area contributed by atoms with Crippen molar-refractivity contribution < 1.29 is 13.2 Å². The van der Waals surface area contributed by atoms with E-state index in [0.717, 1.165) is 0 Å². The Morgan fingerprint density at radius 1 is 1.00 bits per heavy atom. The molecule has 2 aromatic carbocycles. The van der Waals surface area contributed by atoms with Gasteiger partial charge in [0.25, 0.3) is 0 Å². The van der Waals surface area contributed by atoms with Crippen LogP contribution in [0.4, 0.5) is 0 Å². The Morgan fingerprint density at radius 2 is 1.71 bits per heavy atom. The third kappa shape index (κ3) is 4.47. The van der Waals surface area contributed by atoms with Gasteiger partial charge in [-0.15, -0.1) is 0 Å². The summed E-state index contributed by atoms with van der Waals surface area (Å²) in [7, 11) is -3.99. The number of sulfonamides is 1. The van der Waals surface area contributed by atoms with Crippen molar-refractivity contribution in [2.75, 3.05) is 0 Å². The van der Waals surface area contributed by atoms with Crippen LogP contribution in [-0.4, -0.2) is 25.4 Å². The summed E-state index contributed by atoms with van der Waals surface area (Å²) in [5.74, 6) is -0.435. The molecule has 0 saturated heterocycles. The van der Waals surface area contributed by atoms with Gasteiger partial charge in [-0.2, -0.15) is 4.72 Å². The molecule has 8 heteroatoms. The number of H-pyrrole nitrogens is 1. The van der Waals surface area contributed by atoms with E-state index in [9.17, 15) is 18.0 Å². The zero-order chi connectivity index (χ0) is 20.3. The van der Waals surface area contributed by atoms with Gasteiger partial charge >= 0.3 is 0 Å². The lowest BCUT2D eigenvalue weighted by molar-refractivity contribution is -0.123. The van der Waals surface area contributed by atoms with Crippen LogP contribution in [-0.2, 0) is 14.8 Å². The molecule has 0 aliphatic heterocycles. The minimum atomic E-state index is -3.99. The molecular weight excluding hydrogens is 378 g/mol. The summed E-state index contributed by atoms with van der Waals surface area (Å²) in [6, 6.07) is 14.7. The molecule has 0 unspecified atom stereocenters. The normalized spacial score (nSPS) is 12.8. The number of hydrogen-bond acceptors (Lipinski definition) is 4. The lowest BCUT2D eigenvalue weighted by Gasteiger charge is -2.20. The van der Waals surface area contributed by atoms with E-state index in [-0.39, 0.29) is 16.5 Å². The number of amides is 1. The minimum absolute atomic E-state index is 0.00493. The number of aromatic amines is 1. The number of rotatable bonds is 6. The highest BCUT2D eigenvalue weighted by atomic mass is 32.2. The van der Waals surface area contributed by atoms with E-state index >= 15 is 0 Å². The molecule has 0 fully saturated rings. The fraction of sp³-hybridized carbons (Fsp3) is 0.200. The van der Waals surface area contributed by atoms with Crippen molar-refractivity contribution in [3.8, 4) is 0 Å². The number of hydrogen-bond donors (Lipinski definition) is 3. The monoisotopic (exact) mass is 399 g/mol. The van der Waals surface area contributed by atoms with Crippen molar-refractivity contribution in [1.82, 2.24) is 15.0 Å². The van der Waals surface area contributed by atoms with Crippen LogP contribution in [0.1, 0.15) is 25.5 Å². The van der Waals surface area contributed by atoms with Gasteiger partial charge in [0.1, 0.15) is 6.04 Å². The maximum absolute atomic E-state index is 13.0. The van der Waals surface area contributed by atoms with E-state index in [1.165, 1.54) is 24.3 Å². The molecule has 0 aliphatic carbocycles. The summed E-state index contributed by atoms with van der Waals surface area (Å²) in [5.41, 5.74) is 0.800. The third-order valence-corrected chi connectivity index (χ3v) is 5.53. The van der Waals surface area contributed by atoms with Gasteiger partial charge in [0.2, 0.25) is 21.5 Å². The molecule has 3 aromatic rings. The largest absolute Gasteiger partial charge is 0.352 e. The van der Waals surface area contributed by atoms with Crippen LogP contribution in [0.15, 0.2) is 70.4 Å². The number of benzene rings is 2. The Kier molecular flexibility index (Phi) is 5.62. The maximum Gasteiger partial charge on any atom is 0.248 e. The second kappa shape index (κ2) is 7.95. The van der Waals surface area contributed by atoms with Crippen LogP contribution in [0.3, 0.4) is 0 Å². The predicted molar refractivity (Wildman–Crippen MR) is 107 cm³/mol. The number of nitrogens with one attached hydrogen (secondary N) is 3.